The summed E-state index contributed by atoms with van der Waals surface area (Å²) in [6, 6.07) is 0. The van der Waals surface area contributed by atoms with E-state index >= 15 is 0 Å². The Morgan fingerprint density at radius 1 is 1.44 bits per heavy atom. The first kappa shape index (κ1) is 15.4. The number of aliphatic hydroxyl groups excluding tert-OH is 1. The third-order valence-corrected chi connectivity index (χ3v) is 3.28. The highest BCUT2D eigenvalue weighted by atomic mass is 16.3. The van der Waals surface area contributed by atoms with E-state index in [1.165, 1.54) is 0 Å². The fourth-order valence-corrected chi connectivity index (χ4v) is 1.89. The molecule has 4 heteroatoms. The fraction of sp³-hybridized carbons (Fsp3) is 0.929. The van der Waals surface area contributed by atoms with Crippen LogP contribution in [0.1, 0.15) is 40.0 Å². The summed E-state index contributed by atoms with van der Waals surface area (Å²) in [7, 11) is 1.88. The van der Waals surface area contributed by atoms with Crippen LogP contribution in [0.25, 0.3) is 0 Å². The van der Waals surface area contributed by atoms with E-state index in [4.69, 9.17) is 0 Å². The summed E-state index contributed by atoms with van der Waals surface area (Å²) in [6.45, 7) is 8.18. The van der Waals surface area contributed by atoms with Crippen molar-refractivity contribution in [1.82, 2.24) is 10.2 Å². The van der Waals surface area contributed by atoms with E-state index in [1.807, 2.05) is 11.9 Å². The van der Waals surface area contributed by atoms with Gasteiger partial charge in [0, 0.05) is 13.1 Å². The minimum Gasteiger partial charge on any atom is -0.392 e. The lowest BCUT2D eigenvalue weighted by Gasteiger charge is -2.21. The molecule has 0 bridgehead atoms. The molecule has 1 fully saturated rings. The molecule has 0 aliphatic heterocycles. The van der Waals surface area contributed by atoms with Crippen LogP contribution < -0.4 is 5.32 Å². The molecule has 0 saturated heterocycles. The summed E-state index contributed by atoms with van der Waals surface area (Å²) in [5.74, 6) is 0.515. The predicted octanol–water partition coefficient (Wildman–Crippen LogP) is 1.24. The zero-order chi connectivity index (χ0) is 13.8. The van der Waals surface area contributed by atoms with Crippen LogP contribution in [0, 0.1) is 11.3 Å². The second-order valence-electron chi connectivity index (χ2n) is 6.76. The lowest BCUT2D eigenvalue weighted by atomic mass is 9.92. The van der Waals surface area contributed by atoms with Gasteiger partial charge in [0.2, 0.25) is 5.91 Å². The second kappa shape index (κ2) is 6.53. The Morgan fingerprint density at radius 3 is 2.56 bits per heavy atom. The zero-order valence-electron chi connectivity index (χ0n) is 12.2. The van der Waals surface area contributed by atoms with Gasteiger partial charge in [-0.05, 0) is 37.6 Å². The van der Waals surface area contributed by atoms with E-state index in [-0.39, 0.29) is 17.4 Å². The zero-order valence-corrected chi connectivity index (χ0v) is 12.2. The van der Waals surface area contributed by atoms with Crippen LogP contribution in [0.15, 0.2) is 0 Å². The van der Waals surface area contributed by atoms with Gasteiger partial charge in [-0.25, -0.2) is 0 Å². The average Bonchev–Trinajstić information content (AvgIpc) is 2.97. The maximum Gasteiger partial charge on any atom is 0.234 e. The molecule has 18 heavy (non-hydrogen) atoms. The van der Waals surface area contributed by atoms with E-state index in [9.17, 15) is 9.90 Å². The molecule has 0 radical (unpaired) electrons. The number of hydrogen-bond donors (Lipinski definition) is 2. The molecule has 0 heterocycles. The van der Waals surface area contributed by atoms with Crippen molar-refractivity contribution < 1.29 is 9.90 Å². The summed E-state index contributed by atoms with van der Waals surface area (Å²) in [5.41, 5.74) is 0.251. The van der Waals surface area contributed by atoms with Crippen molar-refractivity contribution >= 4 is 5.91 Å². The number of likely N-dealkylation sites (N-methyl/N-ethyl adjacent to an activating group) is 1. The van der Waals surface area contributed by atoms with Crippen LogP contribution in [0.5, 0.6) is 0 Å². The third-order valence-electron chi connectivity index (χ3n) is 3.28. The topological polar surface area (TPSA) is 52.6 Å². The normalized spacial score (nSPS) is 17.9. The first-order valence-electron chi connectivity index (χ1n) is 6.91. The SMILES string of the molecule is CN(CC(=O)NCCC(C)(C)C)CC(O)C1CC1. The van der Waals surface area contributed by atoms with Gasteiger partial charge in [0.25, 0.3) is 0 Å². The quantitative estimate of drug-likeness (QED) is 0.720. The lowest BCUT2D eigenvalue weighted by molar-refractivity contribution is -0.122. The van der Waals surface area contributed by atoms with Gasteiger partial charge in [-0.1, -0.05) is 20.8 Å². The summed E-state index contributed by atoms with van der Waals surface area (Å²) < 4.78 is 0. The molecule has 0 aromatic heterocycles. The number of carbonyl (C=O) groups is 1. The summed E-state index contributed by atoms with van der Waals surface area (Å²) in [5, 5.41) is 12.7. The summed E-state index contributed by atoms with van der Waals surface area (Å²) in [6.07, 6.45) is 2.98. The van der Waals surface area contributed by atoms with Gasteiger partial charge in [-0.2, -0.15) is 0 Å². The summed E-state index contributed by atoms with van der Waals surface area (Å²) >= 11 is 0. The number of nitrogens with one attached hydrogen (secondary N) is 1. The average molecular weight is 256 g/mol. The van der Waals surface area contributed by atoms with Crippen LogP contribution in [-0.2, 0) is 4.79 Å². The molecule has 2 N–H and O–H groups in total. The summed E-state index contributed by atoms with van der Waals surface area (Å²) in [4.78, 5) is 13.6. The van der Waals surface area contributed by atoms with Crippen molar-refractivity contribution in [1.29, 1.82) is 0 Å². The predicted molar refractivity (Wildman–Crippen MR) is 73.3 cm³/mol. The van der Waals surface area contributed by atoms with Crippen molar-refractivity contribution in [2.24, 2.45) is 11.3 Å². The lowest BCUT2D eigenvalue weighted by Crippen LogP contribution is -2.39. The van der Waals surface area contributed by atoms with Gasteiger partial charge in [0.1, 0.15) is 0 Å². The highest BCUT2D eigenvalue weighted by molar-refractivity contribution is 5.77. The van der Waals surface area contributed by atoms with Gasteiger partial charge in [0.05, 0.1) is 12.6 Å². The Morgan fingerprint density at radius 2 is 2.06 bits per heavy atom. The molecule has 0 aromatic rings. The molecular formula is C14H28N2O2. The van der Waals surface area contributed by atoms with Crippen molar-refractivity contribution in [3.8, 4) is 0 Å². The molecule has 0 aromatic carbocycles. The Kier molecular flexibility index (Phi) is 5.60. The van der Waals surface area contributed by atoms with Gasteiger partial charge >= 0.3 is 0 Å². The Bertz CT molecular complexity index is 269. The van der Waals surface area contributed by atoms with Crippen molar-refractivity contribution in [2.45, 2.75) is 46.1 Å². The largest absolute Gasteiger partial charge is 0.392 e. The van der Waals surface area contributed by atoms with Crippen LogP contribution in [0.3, 0.4) is 0 Å². The van der Waals surface area contributed by atoms with Gasteiger partial charge in [0.15, 0.2) is 0 Å². The molecule has 106 valence electrons. The van der Waals surface area contributed by atoms with Crippen molar-refractivity contribution in [2.75, 3.05) is 26.7 Å². The molecule has 1 rings (SSSR count). The number of hydrogen-bond acceptors (Lipinski definition) is 3. The number of rotatable bonds is 7. The Labute approximate surface area is 111 Å². The van der Waals surface area contributed by atoms with Gasteiger partial charge < -0.3 is 10.4 Å². The van der Waals surface area contributed by atoms with E-state index in [2.05, 4.69) is 26.1 Å². The van der Waals surface area contributed by atoms with Crippen molar-refractivity contribution in [3.05, 3.63) is 0 Å². The number of carbonyl (C=O) groups excluding carboxylic acids is 1. The molecule has 4 nitrogen and oxygen atoms in total. The smallest absolute Gasteiger partial charge is 0.234 e. The first-order valence-corrected chi connectivity index (χ1v) is 6.91. The van der Waals surface area contributed by atoms with Crippen LogP contribution >= 0.6 is 0 Å². The highest BCUT2D eigenvalue weighted by Gasteiger charge is 2.30. The minimum atomic E-state index is -0.266. The highest BCUT2D eigenvalue weighted by Crippen LogP contribution is 2.32. The van der Waals surface area contributed by atoms with Crippen molar-refractivity contribution in [3.63, 3.8) is 0 Å². The molecule has 1 aliphatic rings. The third kappa shape index (κ3) is 6.97. The fourth-order valence-electron chi connectivity index (χ4n) is 1.89. The molecule has 1 saturated carbocycles. The Balaban J connectivity index is 2.10. The van der Waals surface area contributed by atoms with E-state index in [1.54, 1.807) is 0 Å². The van der Waals surface area contributed by atoms with Crippen LogP contribution in [0.4, 0.5) is 0 Å². The van der Waals surface area contributed by atoms with E-state index in [0.29, 0.717) is 19.0 Å². The molecule has 1 aliphatic carbocycles. The standard InChI is InChI=1S/C14H28N2O2/c1-14(2,3)7-8-15-13(18)10-16(4)9-12(17)11-5-6-11/h11-12,17H,5-10H2,1-4H3,(H,15,18). The van der Waals surface area contributed by atoms with Gasteiger partial charge in [-0.15, -0.1) is 0 Å². The molecule has 1 atom stereocenters. The maximum atomic E-state index is 11.7. The number of nitrogens with zero attached hydrogens (tertiary/aromatic N) is 1. The molecule has 1 unspecified atom stereocenters. The number of amides is 1. The monoisotopic (exact) mass is 256 g/mol. The van der Waals surface area contributed by atoms with Crippen LogP contribution in [-0.4, -0.2) is 48.7 Å². The maximum absolute atomic E-state index is 11.7. The molecular weight excluding hydrogens is 228 g/mol. The molecule has 1 amide bonds. The first-order chi connectivity index (χ1) is 8.28. The minimum absolute atomic E-state index is 0.0461. The van der Waals surface area contributed by atoms with E-state index in [0.717, 1.165) is 25.8 Å². The van der Waals surface area contributed by atoms with E-state index < -0.39 is 0 Å². The Hall–Kier alpha value is -0.610. The van der Waals surface area contributed by atoms with Gasteiger partial charge in [-0.3, -0.25) is 9.69 Å². The second-order valence-corrected chi connectivity index (χ2v) is 6.76. The molecule has 0 spiro atoms. The number of aliphatic hydroxyl groups is 1. The van der Waals surface area contributed by atoms with Crippen LogP contribution in [0.2, 0.25) is 0 Å².